The van der Waals surface area contributed by atoms with Crippen LogP contribution in [0.25, 0.3) is 0 Å². The lowest BCUT2D eigenvalue weighted by molar-refractivity contribution is 0.0990. The molecule has 3 heteroatoms. The molecule has 15 heavy (non-hydrogen) atoms. The van der Waals surface area contributed by atoms with Crippen LogP contribution >= 0.6 is 0 Å². The van der Waals surface area contributed by atoms with Gasteiger partial charge in [0.1, 0.15) is 24.5 Å². The highest BCUT2D eigenvalue weighted by Gasteiger charge is 2.18. The minimum absolute atomic E-state index is 0.0223. The van der Waals surface area contributed by atoms with E-state index in [1.54, 1.807) is 36.9 Å². The van der Waals surface area contributed by atoms with Crippen molar-refractivity contribution in [3.8, 4) is 5.75 Å². The van der Waals surface area contributed by atoms with E-state index < -0.39 is 0 Å². The highest BCUT2D eigenvalue weighted by molar-refractivity contribution is 6.00. The molecular weight excluding hydrogens is 190 g/mol. The molecule has 3 nitrogen and oxygen atoms in total. The average Bonchev–Trinajstić information content (AvgIpc) is 2.71. The minimum Gasteiger partial charge on any atom is -0.507 e. The number of phenolic OH excluding ortho intramolecular Hbond substituents is 1. The molecule has 0 bridgehead atoms. The third-order valence-electron chi connectivity index (χ3n) is 2.16. The Morgan fingerprint density at radius 1 is 1.40 bits per heavy atom. The molecule has 0 aromatic heterocycles. The van der Waals surface area contributed by atoms with Crippen LogP contribution in [0, 0.1) is 6.42 Å². The van der Waals surface area contributed by atoms with Crippen LogP contribution in [-0.2, 0) is 0 Å². The number of aliphatic imine (C=N–C) groups is 1. The Kier molecular flexibility index (Phi) is 2.54. The number of aromatic hydroxyl groups is 1. The number of carbonyl (C=O) groups is 1. The summed E-state index contributed by atoms with van der Waals surface area (Å²) in [7, 11) is 0. The summed E-state index contributed by atoms with van der Waals surface area (Å²) in [6.45, 7) is 0. The fraction of sp³-hybridized carbons (Fsp3) is 0.0833. The van der Waals surface area contributed by atoms with Crippen LogP contribution in [0.4, 0.5) is 0 Å². The molecule has 0 saturated heterocycles. The fourth-order valence-electron chi connectivity index (χ4n) is 1.41. The number of benzene rings is 1. The molecule has 0 fully saturated rings. The van der Waals surface area contributed by atoms with Crippen molar-refractivity contribution < 1.29 is 9.90 Å². The molecule has 0 unspecified atom stereocenters. The van der Waals surface area contributed by atoms with Crippen LogP contribution in [0.3, 0.4) is 0 Å². The highest BCUT2D eigenvalue weighted by atomic mass is 16.3. The molecule has 1 N–H and O–H groups in total. The van der Waals surface area contributed by atoms with Gasteiger partial charge in [-0.1, -0.05) is 12.1 Å². The van der Waals surface area contributed by atoms with E-state index in [1.807, 2.05) is 0 Å². The molecule has 0 spiro atoms. The highest BCUT2D eigenvalue weighted by Crippen LogP contribution is 2.20. The number of phenols is 1. The second-order valence-corrected chi connectivity index (χ2v) is 3.25. The fourth-order valence-corrected chi connectivity index (χ4v) is 1.41. The number of ketones is 1. The molecule has 1 heterocycles. The van der Waals surface area contributed by atoms with E-state index in [1.165, 1.54) is 6.07 Å². The number of nitrogens with zero attached hydrogens (tertiary/aromatic N) is 1. The van der Waals surface area contributed by atoms with E-state index in [0.29, 0.717) is 5.56 Å². The summed E-state index contributed by atoms with van der Waals surface area (Å²) in [5.41, 5.74) is 1.07. The van der Waals surface area contributed by atoms with Crippen LogP contribution in [0.2, 0.25) is 0 Å². The molecule has 0 amide bonds. The van der Waals surface area contributed by atoms with Crippen molar-refractivity contribution in [2.24, 2.45) is 4.99 Å². The van der Waals surface area contributed by atoms with Gasteiger partial charge < -0.3 is 5.11 Å². The average molecular weight is 200 g/mol. The predicted molar refractivity (Wildman–Crippen MR) is 57.9 cm³/mol. The van der Waals surface area contributed by atoms with Crippen LogP contribution in [0.1, 0.15) is 16.8 Å². The summed E-state index contributed by atoms with van der Waals surface area (Å²) < 4.78 is 0. The first-order chi connectivity index (χ1) is 7.27. The summed E-state index contributed by atoms with van der Waals surface area (Å²) in [5, 5.41) is 9.47. The van der Waals surface area contributed by atoms with Gasteiger partial charge in [0.2, 0.25) is 0 Å². The van der Waals surface area contributed by atoms with Crippen molar-refractivity contribution in [2.75, 3.05) is 0 Å². The normalized spacial score (nSPS) is 13.5. The van der Waals surface area contributed by atoms with Gasteiger partial charge in [-0.25, -0.2) is 0 Å². The molecule has 1 aromatic carbocycles. The molecule has 1 aliphatic heterocycles. The van der Waals surface area contributed by atoms with Crippen molar-refractivity contribution in [3.63, 3.8) is 0 Å². The topological polar surface area (TPSA) is 49.7 Å². The van der Waals surface area contributed by atoms with Gasteiger partial charge in [-0.3, -0.25) is 4.79 Å². The summed E-state index contributed by atoms with van der Waals surface area (Å²) in [4.78, 5) is 15.7. The molecule has 74 valence electrons. The lowest BCUT2D eigenvalue weighted by atomic mass is 10.1. The first-order valence-corrected chi connectivity index (χ1v) is 4.65. The Hall–Kier alpha value is -2.03. The van der Waals surface area contributed by atoms with E-state index >= 15 is 0 Å². The maximum atomic E-state index is 11.7. The van der Waals surface area contributed by atoms with E-state index in [-0.39, 0.29) is 18.0 Å². The van der Waals surface area contributed by atoms with Crippen molar-refractivity contribution in [1.29, 1.82) is 0 Å². The molecule has 1 aromatic rings. The number of carbonyl (C=O) groups excluding carboxylic acids is 1. The Morgan fingerprint density at radius 3 is 2.87 bits per heavy atom. The second kappa shape index (κ2) is 4.00. The second-order valence-electron chi connectivity index (χ2n) is 3.25. The standard InChI is InChI=1S/C12H9NO2/c14-11-6-2-1-5-10(11)12(15)8-9-4-3-7-13-9/h1-7H,8H2/p+1. The van der Waals surface area contributed by atoms with Crippen LogP contribution in [-0.4, -0.2) is 17.1 Å². The Labute approximate surface area is 87.8 Å². The third-order valence-corrected chi connectivity index (χ3v) is 2.16. The van der Waals surface area contributed by atoms with Gasteiger partial charge in [-0.2, -0.15) is 0 Å². The van der Waals surface area contributed by atoms with Crippen molar-refractivity contribution in [2.45, 2.75) is 6.42 Å². The number of para-hydroxylation sites is 1. The zero-order valence-electron chi connectivity index (χ0n) is 8.05. The van der Waals surface area contributed by atoms with E-state index in [4.69, 9.17) is 0 Å². The summed E-state index contributed by atoms with van der Waals surface area (Å²) in [6.07, 6.45) is 5.45. The van der Waals surface area contributed by atoms with Crippen LogP contribution in [0.15, 0.2) is 41.0 Å². The Balaban J connectivity index is 2.15. The molecule has 0 radical (unpaired) electrons. The van der Waals surface area contributed by atoms with Gasteiger partial charge in [-0.05, 0) is 12.1 Å². The number of rotatable bonds is 3. The lowest BCUT2D eigenvalue weighted by Gasteiger charge is -1.99. The largest absolute Gasteiger partial charge is 0.507 e. The lowest BCUT2D eigenvalue weighted by Crippen LogP contribution is -1.99. The summed E-state index contributed by atoms with van der Waals surface area (Å²) in [5.74, 6) is -0.0964. The van der Waals surface area contributed by atoms with E-state index in [2.05, 4.69) is 4.99 Å². The number of hydrogen-bond donors (Lipinski definition) is 1. The van der Waals surface area contributed by atoms with Gasteiger partial charge in [0.25, 0.3) is 0 Å². The third kappa shape index (κ3) is 2.07. The molecule has 0 atom stereocenters. The van der Waals surface area contributed by atoms with Crippen LogP contribution < -0.4 is 0 Å². The smallest absolute Gasteiger partial charge is 0.192 e. The van der Waals surface area contributed by atoms with E-state index in [0.717, 1.165) is 5.70 Å². The molecular formula is C12H10NO2+. The number of hydrogen-bond acceptors (Lipinski definition) is 3. The summed E-state index contributed by atoms with van der Waals surface area (Å²) in [6, 6.07) is 6.53. The minimum atomic E-state index is -0.119. The Morgan fingerprint density at radius 2 is 2.20 bits per heavy atom. The quantitative estimate of drug-likeness (QED) is 0.600. The van der Waals surface area contributed by atoms with Gasteiger partial charge in [-0.15, -0.1) is 4.99 Å². The molecule has 2 rings (SSSR count). The van der Waals surface area contributed by atoms with Crippen molar-refractivity contribution in [1.82, 2.24) is 0 Å². The summed E-state index contributed by atoms with van der Waals surface area (Å²) >= 11 is 0. The van der Waals surface area contributed by atoms with Gasteiger partial charge >= 0.3 is 0 Å². The Bertz CT molecular complexity index is 447. The molecule has 0 aliphatic carbocycles. The maximum absolute atomic E-state index is 11.7. The van der Waals surface area contributed by atoms with Gasteiger partial charge in [0, 0.05) is 0 Å². The monoisotopic (exact) mass is 200 g/mol. The first kappa shape index (κ1) is 9.52. The van der Waals surface area contributed by atoms with E-state index in [9.17, 15) is 9.90 Å². The molecule has 1 aliphatic rings. The zero-order valence-corrected chi connectivity index (χ0v) is 8.05. The van der Waals surface area contributed by atoms with Gasteiger partial charge in [0.05, 0.1) is 12.0 Å². The maximum Gasteiger partial charge on any atom is 0.192 e. The van der Waals surface area contributed by atoms with Crippen molar-refractivity contribution >= 4 is 12.0 Å². The number of allylic oxidation sites excluding steroid dienone is 2. The number of Topliss-reactive ketones (excluding diaryl/α,β-unsaturated/α-hetero) is 1. The predicted octanol–water partition coefficient (Wildman–Crippen LogP) is 2.14. The van der Waals surface area contributed by atoms with Crippen molar-refractivity contribution in [3.05, 3.63) is 48.0 Å². The molecule has 0 saturated carbocycles. The van der Waals surface area contributed by atoms with Crippen LogP contribution in [0.5, 0.6) is 5.75 Å². The zero-order chi connectivity index (χ0) is 10.7. The van der Waals surface area contributed by atoms with Gasteiger partial charge in [0.15, 0.2) is 11.5 Å². The SMILES string of the molecule is O=C(CC1=C[CH+]C=N1)c1ccccc1O. The first-order valence-electron chi connectivity index (χ1n) is 4.65.